The molecule has 0 bridgehead atoms. The van der Waals surface area contributed by atoms with Crippen LogP contribution in [0.15, 0.2) is 0 Å². The van der Waals surface area contributed by atoms with Gasteiger partial charge in [-0.15, -0.1) is 0 Å². The summed E-state index contributed by atoms with van der Waals surface area (Å²) in [6, 6.07) is 0. The second-order valence-corrected chi connectivity index (χ2v) is 2.98. The number of hydrogen-bond donors (Lipinski definition) is 2. The molecule has 0 aliphatic heterocycles. The molecule has 0 saturated heterocycles. The van der Waals surface area contributed by atoms with E-state index in [0.29, 0.717) is 12.7 Å². The van der Waals surface area contributed by atoms with Crippen LogP contribution in [-0.2, 0) is 24.6 Å². The fourth-order valence-electron chi connectivity index (χ4n) is 1.03. The standard InChI is InChI=1S/C8H14O7/c1-2-3-4-7(5-9)8(11,6-10)13-15-14-12/h5-7,11-12H,2-4H2,1H3. The van der Waals surface area contributed by atoms with Crippen LogP contribution in [0.25, 0.3) is 0 Å². The van der Waals surface area contributed by atoms with Gasteiger partial charge in [0.1, 0.15) is 6.29 Å². The van der Waals surface area contributed by atoms with Crippen molar-refractivity contribution in [3.05, 3.63) is 0 Å². The minimum Gasteiger partial charge on any atom is -0.357 e. The summed E-state index contributed by atoms with van der Waals surface area (Å²) in [5.41, 5.74) is 0. The lowest BCUT2D eigenvalue weighted by Crippen LogP contribution is -2.43. The van der Waals surface area contributed by atoms with Crippen LogP contribution in [0.5, 0.6) is 0 Å². The highest BCUT2D eigenvalue weighted by Gasteiger charge is 2.39. The Kier molecular flexibility index (Phi) is 7.01. The van der Waals surface area contributed by atoms with Gasteiger partial charge in [-0.25, -0.2) is 5.26 Å². The van der Waals surface area contributed by atoms with Crippen LogP contribution in [0, 0.1) is 5.92 Å². The van der Waals surface area contributed by atoms with Crippen LogP contribution in [0.2, 0.25) is 0 Å². The van der Waals surface area contributed by atoms with Crippen molar-refractivity contribution >= 4 is 12.6 Å². The SMILES string of the molecule is CCCCC(C=O)C(O)(C=O)OOOO. The van der Waals surface area contributed by atoms with Gasteiger partial charge in [-0.1, -0.05) is 19.8 Å². The summed E-state index contributed by atoms with van der Waals surface area (Å²) in [6.45, 7) is 1.88. The predicted octanol–water partition coefficient (Wildman–Crippen LogP) is 0.232. The first-order valence-electron chi connectivity index (χ1n) is 4.44. The molecule has 0 aliphatic carbocycles. The molecule has 2 N–H and O–H groups in total. The van der Waals surface area contributed by atoms with Gasteiger partial charge < -0.3 is 9.90 Å². The molecule has 0 aromatic carbocycles. The topological polar surface area (TPSA) is 102 Å². The highest BCUT2D eigenvalue weighted by Crippen LogP contribution is 2.21. The van der Waals surface area contributed by atoms with E-state index in [1.54, 1.807) is 0 Å². The molecule has 0 spiro atoms. The summed E-state index contributed by atoms with van der Waals surface area (Å²) in [6.07, 6.45) is 2.05. The molecule has 0 radical (unpaired) electrons. The Labute approximate surface area is 86.3 Å². The van der Waals surface area contributed by atoms with Gasteiger partial charge in [0.25, 0.3) is 5.79 Å². The van der Waals surface area contributed by atoms with Crippen LogP contribution in [0.4, 0.5) is 0 Å². The van der Waals surface area contributed by atoms with Gasteiger partial charge >= 0.3 is 0 Å². The molecule has 0 aromatic heterocycles. The van der Waals surface area contributed by atoms with Crippen LogP contribution >= 0.6 is 0 Å². The van der Waals surface area contributed by atoms with E-state index in [4.69, 9.17) is 5.26 Å². The summed E-state index contributed by atoms with van der Waals surface area (Å²) >= 11 is 0. The highest BCUT2D eigenvalue weighted by molar-refractivity contribution is 5.69. The van der Waals surface area contributed by atoms with Gasteiger partial charge in [-0.2, -0.15) is 4.89 Å². The Balaban J connectivity index is 4.41. The van der Waals surface area contributed by atoms with Crippen molar-refractivity contribution < 1.29 is 34.9 Å². The van der Waals surface area contributed by atoms with Crippen molar-refractivity contribution in [1.29, 1.82) is 0 Å². The average molecular weight is 222 g/mol. The third-order valence-corrected chi connectivity index (χ3v) is 1.93. The molecule has 15 heavy (non-hydrogen) atoms. The predicted molar refractivity (Wildman–Crippen MR) is 46.0 cm³/mol. The second-order valence-electron chi connectivity index (χ2n) is 2.98. The van der Waals surface area contributed by atoms with E-state index in [1.807, 2.05) is 6.92 Å². The lowest BCUT2D eigenvalue weighted by molar-refractivity contribution is -0.651. The highest BCUT2D eigenvalue weighted by atomic mass is 17.7. The molecule has 0 saturated carbocycles. The lowest BCUT2D eigenvalue weighted by Gasteiger charge is -2.24. The minimum absolute atomic E-state index is 0.000741. The molecule has 88 valence electrons. The van der Waals surface area contributed by atoms with Crippen molar-refractivity contribution in [2.75, 3.05) is 0 Å². The van der Waals surface area contributed by atoms with Gasteiger partial charge in [-0.3, -0.25) is 4.79 Å². The van der Waals surface area contributed by atoms with Gasteiger partial charge in [0.05, 0.1) is 5.92 Å². The average Bonchev–Trinajstić information content (AvgIpc) is 2.27. The van der Waals surface area contributed by atoms with Crippen LogP contribution in [0.3, 0.4) is 0 Å². The zero-order valence-corrected chi connectivity index (χ0v) is 8.29. The zero-order valence-electron chi connectivity index (χ0n) is 8.29. The van der Waals surface area contributed by atoms with Gasteiger partial charge in [-0.05, 0) is 16.5 Å². The van der Waals surface area contributed by atoms with Crippen molar-refractivity contribution in [2.24, 2.45) is 5.92 Å². The summed E-state index contributed by atoms with van der Waals surface area (Å²) in [5.74, 6) is -3.52. The van der Waals surface area contributed by atoms with E-state index in [2.05, 4.69) is 15.0 Å². The minimum atomic E-state index is -2.44. The number of unbranched alkanes of at least 4 members (excludes halogenated alkanes) is 1. The molecule has 0 rings (SSSR count). The Morgan fingerprint density at radius 3 is 2.53 bits per heavy atom. The molecule has 7 heteroatoms. The molecule has 0 aliphatic rings. The van der Waals surface area contributed by atoms with Crippen LogP contribution in [-0.4, -0.2) is 28.7 Å². The molecular formula is C8H14O7. The number of carbonyl (C=O) groups excluding carboxylic acids is 2. The maximum absolute atomic E-state index is 10.6. The van der Waals surface area contributed by atoms with E-state index in [-0.39, 0.29) is 12.7 Å². The van der Waals surface area contributed by atoms with E-state index < -0.39 is 11.7 Å². The third kappa shape index (κ3) is 4.45. The molecule has 0 heterocycles. The fourth-order valence-corrected chi connectivity index (χ4v) is 1.03. The van der Waals surface area contributed by atoms with Crippen molar-refractivity contribution in [3.8, 4) is 0 Å². The first-order chi connectivity index (χ1) is 7.14. The zero-order chi connectivity index (χ0) is 11.7. The van der Waals surface area contributed by atoms with Crippen LogP contribution in [0.1, 0.15) is 26.2 Å². The Morgan fingerprint density at radius 1 is 1.47 bits per heavy atom. The third-order valence-electron chi connectivity index (χ3n) is 1.93. The Bertz CT molecular complexity index is 195. The van der Waals surface area contributed by atoms with Crippen molar-refractivity contribution in [1.82, 2.24) is 0 Å². The number of aliphatic hydroxyl groups is 1. The smallest absolute Gasteiger partial charge is 0.268 e. The van der Waals surface area contributed by atoms with Gasteiger partial charge in [0, 0.05) is 0 Å². The quantitative estimate of drug-likeness (QED) is 0.249. The van der Waals surface area contributed by atoms with Crippen LogP contribution < -0.4 is 0 Å². The molecule has 7 nitrogen and oxygen atoms in total. The van der Waals surface area contributed by atoms with Crippen molar-refractivity contribution in [3.63, 3.8) is 0 Å². The molecule has 2 unspecified atom stereocenters. The van der Waals surface area contributed by atoms with Gasteiger partial charge in [0.15, 0.2) is 6.29 Å². The number of carbonyl (C=O) groups is 2. The summed E-state index contributed by atoms with van der Waals surface area (Å²) < 4.78 is 0. The number of aldehydes is 2. The first-order valence-corrected chi connectivity index (χ1v) is 4.44. The normalized spacial score (nSPS) is 16.7. The summed E-state index contributed by atoms with van der Waals surface area (Å²) in [7, 11) is 0. The second kappa shape index (κ2) is 7.43. The van der Waals surface area contributed by atoms with E-state index in [1.165, 1.54) is 0 Å². The number of hydrogen-bond acceptors (Lipinski definition) is 7. The monoisotopic (exact) mass is 222 g/mol. The molecule has 0 fully saturated rings. The Morgan fingerprint density at radius 2 is 2.13 bits per heavy atom. The van der Waals surface area contributed by atoms with Gasteiger partial charge in [0.2, 0.25) is 0 Å². The largest absolute Gasteiger partial charge is 0.357 e. The van der Waals surface area contributed by atoms with E-state index in [0.717, 1.165) is 6.42 Å². The molecule has 2 atom stereocenters. The molecular weight excluding hydrogens is 208 g/mol. The molecule has 0 amide bonds. The number of rotatable bonds is 9. The first kappa shape index (κ1) is 14.1. The Hall–Kier alpha value is -0.860. The van der Waals surface area contributed by atoms with Crippen molar-refractivity contribution in [2.45, 2.75) is 32.0 Å². The fraction of sp³-hybridized carbons (Fsp3) is 0.750. The lowest BCUT2D eigenvalue weighted by atomic mass is 9.95. The maximum atomic E-state index is 10.6. The van der Waals surface area contributed by atoms with E-state index >= 15 is 0 Å². The summed E-state index contributed by atoms with van der Waals surface area (Å²) in [4.78, 5) is 25.2. The summed E-state index contributed by atoms with van der Waals surface area (Å²) in [5, 5.41) is 23.9. The maximum Gasteiger partial charge on any atom is 0.268 e. The molecule has 0 aromatic rings. The van der Waals surface area contributed by atoms with E-state index in [9.17, 15) is 14.7 Å².